The van der Waals surface area contributed by atoms with Gasteiger partial charge < -0.3 is 9.97 Å². The fraction of sp³-hybridized carbons (Fsp3) is 0.385. The summed E-state index contributed by atoms with van der Waals surface area (Å²) in [4.78, 5) is 15.7. The van der Waals surface area contributed by atoms with Crippen molar-refractivity contribution >= 4 is 22.3 Å². The van der Waals surface area contributed by atoms with E-state index in [1.54, 1.807) is 0 Å². The number of aromatic nitrogens is 4. The molecule has 3 rings (SSSR count). The van der Waals surface area contributed by atoms with Crippen LogP contribution in [-0.4, -0.2) is 19.9 Å². The Balaban J connectivity index is 2.22. The van der Waals surface area contributed by atoms with Gasteiger partial charge in [0, 0.05) is 11.4 Å². The van der Waals surface area contributed by atoms with Crippen LogP contribution in [0.5, 0.6) is 0 Å². The third-order valence-electron chi connectivity index (χ3n) is 3.32. The second-order valence-electron chi connectivity index (χ2n) is 4.68. The van der Waals surface area contributed by atoms with Crippen molar-refractivity contribution in [3.63, 3.8) is 0 Å². The van der Waals surface area contributed by atoms with Crippen LogP contribution in [0.15, 0.2) is 12.1 Å². The number of fused-ring (bicyclic) bond motifs is 2. The summed E-state index contributed by atoms with van der Waals surface area (Å²) in [7, 11) is 0. The first kappa shape index (κ1) is 10.3. The first-order valence-electron chi connectivity index (χ1n) is 6.03. The van der Waals surface area contributed by atoms with Crippen molar-refractivity contribution in [1.82, 2.24) is 19.9 Å². The molecule has 3 aromatic rings. The van der Waals surface area contributed by atoms with E-state index in [1.807, 2.05) is 13.0 Å². The molecule has 4 nitrogen and oxygen atoms in total. The lowest BCUT2D eigenvalue weighted by Crippen LogP contribution is -1.90. The van der Waals surface area contributed by atoms with Crippen molar-refractivity contribution in [3.8, 4) is 0 Å². The largest absolute Gasteiger partial charge is 0.342 e. The monoisotopic (exact) mass is 228 g/mol. The lowest BCUT2D eigenvalue weighted by molar-refractivity contribution is 0.715. The van der Waals surface area contributed by atoms with Gasteiger partial charge in [0.15, 0.2) is 11.3 Å². The molecule has 2 N–H and O–H groups in total. The van der Waals surface area contributed by atoms with Crippen LogP contribution in [0.25, 0.3) is 22.3 Å². The Bertz CT molecular complexity index is 626. The van der Waals surface area contributed by atoms with Gasteiger partial charge in [-0.25, -0.2) is 9.97 Å². The molecule has 0 aliphatic rings. The molecule has 4 heteroatoms. The summed E-state index contributed by atoms with van der Waals surface area (Å²) in [6.45, 7) is 6.41. The van der Waals surface area contributed by atoms with Gasteiger partial charge in [0.25, 0.3) is 0 Å². The molecular formula is C13H16N4. The highest BCUT2D eigenvalue weighted by Gasteiger charge is 2.10. The van der Waals surface area contributed by atoms with Crippen LogP contribution in [0, 0.1) is 6.92 Å². The standard InChI is InChI=1S/C13H16N4/c1-4-7(2)9-6-11-13(15-9)16-10-5-8(3)14-12(10)17-11/h5-7H,4H2,1-3H3,(H,14,17)(H,15,16). The molecule has 0 aliphatic carbocycles. The minimum atomic E-state index is 0.520. The topological polar surface area (TPSA) is 57.4 Å². The number of H-pyrrole nitrogens is 2. The van der Waals surface area contributed by atoms with E-state index in [2.05, 4.69) is 39.8 Å². The normalized spacial score (nSPS) is 13.6. The minimum Gasteiger partial charge on any atom is -0.342 e. The van der Waals surface area contributed by atoms with Gasteiger partial charge in [0.05, 0.1) is 0 Å². The van der Waals surface area contributed by atoms with Gasteiger partial charge in [-0.1, -0.05) is 13.8 Å². The van der Waals surface area contributed by atoms with E-state index < -0.39 is 0 Å². The maximum Gasteiger partial charge on any atom is 0.157 e. The van der Waals surface area contributed by atoms with Crippen LogP contribution < -0.4 is 0 Å². The summed E-state index contributed by atoms with van der Waals surface area (Å²) in [6.07, 6.45) is 1.11. The Kier molecular flexibility index (Phi) is 2.18. The first-order valence-corrected chi connectivity index (χ1v) is 6.03. The zero-order valence-corrected chi connectivity index (χ0v) is 10.3. The van der Waals surface area contributed by atoms with Crippen LogP contribution in [0.3, 0.4) is 0 Å². The zero-order chi connectivity index (χ0) is 12.0. The summed E-state index contributed by atoms with van der Waals surface area (Å²) in [6, 6.07) is 4.12. The lowest BCUT2D eigenvalue weighted by atomic mass is 10.1. The Hall–Kier alpha value is -1.84. The van der Waals surface area contributed by atoms with Gasteiger partial charge in [0.1, 0.15) is 11.0 Å². The quantitative estimate of drug-likeness (QED) is 0.707. The Morgan fingerprint density at radius 1 is 1.12 bits per heavy atom. The van der Waals surface area contributed by atoms with E-state index in [0.29, 0.717) is 5.92 Å². The van der Waals surface area contributed by atoms with E-state index in [1.165, 1.54) is 5.69 Å². The molecule has 0 amide bonds. The molecule has 3 aromatic heterocycles. The number of aryl methyl sites for hydroxylation is 1. The number of aromatic amines is 2. The fourth-order valence-corrected chi connectivity index (χ4v) is 2.08. The third kappa shape index (κ3) is 1.60. The maximum absolute atomic E-state index is 4.59. The van der Waals surface area contributed by atoms with E-state index in [-0.39, 0.29) is 0 Å². The smallest absolute Gasteiger partial charge is 0.157 e. The number of nitrogens with zero attached hydrogens (tertiary/aromatic N) is 2. The van der Waals surface area contributed by atoms with Crippen LogP contribution in [-0.2, 0) is 0 Å². The molecule has 17 heavy (non-hydrogen) atoms. The van der Waals surface area contributed by atoms with Crippen LogP contribution in [0.4, 0.5) is 0 Å². The molecule has 0 saturated carbocycles. The Morgan fingerprint density at radius 3 is 2.47 bits per heavy atom. The van der Waals surface area contributed by atoms with Crippen molar-refractivity contribution in [1.29, 1.82) is 0 Å². The average Bonchev–Trinajstić information content (AvgIpc) is 2.85. The van der Waals surface area contributed by atoms with Crippen molar-refractivity contribution in [2.45, 2.75) is 33.1 Å². The second-order valence-corrected chi connectivity index (χ2v) is 4.68. The molecule has 88 valence electrons. The van der Waals surface area contributed by atoms with Gasteiger partial charge in [-0.2, -0.15) is 0 Å². The minimum absolute atomic E-state index is 0.520. The summed E-state index contributed by atoms with van der Waals surface area (Å²) < 4.78 is 0. The van der Waals surface area contributed by atoms with Crippen LogP contribution in [0.1, 0.15) is 37.6 Å². The van der Waals surface area contributed by atoms with Gasteiger partial charge >= 0.3 is 0 Å². The molecular weight excluding hydrogens is 212 g/mol. The first-order chi connectivity index (χ1) is 8.17. The van der Waals surface area contributed by atoms with Crippen molar-refractivity contribution in [2.24, 2.45) is 0 Å². The highest BCUT2D eigenvalue weighted by atomic mass is 15.0. The van der Waals surface area contributed by atoms with Gasteiger partial charge in [-0.05, 0) is 31.4 Å². The molecule has 0 bridgehead atoms. The highest BCUT2D eigenvalue weighted by molar-refractivity contribution is 5.83. The number of nitrogens with one attached hydrogen (secondary N) is 2. The second kappa shape index (κ2) is 3.58. The molecule has 0 aromatic carbocycles. The molecule has 3 heterocycles. The summed E-state index contributed by atoms with van der Waals surface area (Å²) in [5.74, 6) is 0.520. The van der Waals surface area contributed by atoms with Gasteiger partial charge in [-0.15, -0.1) is 0 Å². The van der Waals surface area contributed by atoms with Crippen molar-refractivity contribution in [3.05, 3.63) is 23.5 Å². The van der Waals surface area contributed by atoms with E-state index in [9.17, 15) is 0 Å². The van der Waals surface area contributed by atoms with Crippen molar-refractivity contribution in [2.75, 3.05) is 0 Å². The summed E-state index contributed by atoms with van der Waals surface area (Å²) >= 11 is 0. The van der Waals surface area contributed by atoms with E-state index in [0.717, 1.165) is 34.4 Å². The molecule has 1 atom stereocenters. The average molecular weight is 228 g/mol. The molecule has 0 spiro atoms. The molecule has 0 aliphatic heterocycles. The van der Waals surface area contributed by atoms with E-state index in [4.69, 9.17) is 0 Å². The predicted molar refractivity (Wildman–Crippen MR) is 69.2 cm³/mol. The molecule has 0 saturated heterocycles. The molecule has 0 radical (unpaired) electrons. The van der Waals surface area contributed by atoms with Crippen LogP contribution in [0.2, 0.25) is 0 Å². The number of hydrogen-bond donors (Lipinski definition) is 2. The molecule has 0 fully saturated rings. The number of rotatable bonds is 2. The predicted octanol–water partition coefficient (Wildman–Crippen LogP) is 3.26. The van der Waals surface area contributed by atoms with Crippen molar-refractivity contribution < 1.29 is 0 Å². The number of hydrogen-bond acceptors (Lipinski definition) is 2. The lowest BCUT2D eigenvalue weighted by Gasteiger charge is -2.03. The Morgan fingerprint density at radius 2 is 1.76 bits per heavy atom. The van der Waals surface area contributed by atoms with Crippen LogP contribution >= 0.6 is 0 Å². The van der Waals surface area contributed by atoms with Gasteiger partial charge in [-0.3, -0.25) is 0 Å². The Labute approximate surface area is 99.5 Å². The summed E-state index contributed by atoms with van der Waals surface area (Å²) in [5.41, 5.74) is 5.92. The highest BCUT2D eigenvalue weighted by Crippen LogP contribution is 2.23. The van der Waals surface area contributed by atoms with Gasteiger partial charge in [0.2, 0.25) is 0 Å². The third-order valence-corrected chi connectivity index (χ3v) is 3.32. The summed E-state index contributed by atoms with van der Waals surface area (Å²) in [5, 5.41) is 0. The zero-order valence-electron chi connectivity index (χ0n) is 10.3. The SMILES string of the molecule is CCC(C)c1cc2nc3[nH]c(C)cc3nc2[nH]1. The van der Waals surface area contributed by atoms with E-state index >= 15 is 0 Å². The molecule has 1 unspecified atom stereocenters. The maximum atomic E-state index is 4.59. The fourth-order valence-electron chi connectivity index (χ4n) is 2.08.